The van der Waals surface area contributed by atoms with Crippen molar-refractivity contribution in [2.75, 3.05) is 0 Å². The quantitative estimate of drug-likeness (QED) is 0.457. The third-order valence-electron chi connectivity index (χ3n) is 6.64. The van der Waals surface area contributed by atoms with Crippen LogP contribution in [-0.2, 0) is 9.59 Å². The summed E-state index contributed by atoms with van der Waals surface area (Å²) < 4.78 is 0. The third-order valence-corrected chi connectivity index (χ3v) is 6.99. The summed E-state index contributed by atoms with van der Waals surface area (Å²) in [5, 5.41) is 5.88. The predicted octanol–water partition coefficient (Wildman–Crippen LogP) is 4.57. The van der Waals surface area contributed by atoms with E-state index >= 15 is 0 Å². The Hall–Kier alpha value is -3.24. The normalized spacial score (nSPS) is 26.1. The number of benzene rings is 3. The Morgan fingerprint density at radius 1 is 0.700 bits per heavy atom. The Morgan fingerprint density at radius 2 is 1.13 bits per heavy atom. The highest BCUT2D eigenvalue weighted by Gasteiger charge is 2.61. The van der Waals surface area contributed by atoms with Gasteiger partial charge in [-0.15, -0.1) is 0 Å². The summed E-state index contributed by atoms with van der Waals surface area (Å²) in [5.74, 6) is -1.54. The largest absolute Gasteiger partial charge is 0.272 e. The van der Waals surface area contributed by atoms with Crippen molar-refractivity contribution in [2.45, 2.75) is 11.8 Å². The summed E-state index contributed by atoms with van der Waals surface area (Å²) in [4.78, 5) is 26.8. The molecule has 0 N–H and O–H groups in total. The van der Waals surface area contributed by atoms with E-state index in [4.69, 9.17) is 11.6 Å². The average molecular weight is 413 g/mol. The summed E-state index contributed by atoms with van der Waals surface area (Å²) in [7, 11) is 0. The van der Waals surface area contributed by atoms with Crippen molar-refractivity contribution in [3.8, 4) is 0 Å². The van der Waals surface area contributed by atoms with Crippen LogP contribution >= 0.6 is 11.6 Å². The van der Waals surface area contributed by atoms with Gasteiger partial charge in [0.25, 0.3) is 11.8 Å². The minimum Gasteiger partial charge on any atom is -0.272 e. The lowest BCUT2D eigenvalue weighted by molar-refractivity contribution is -0.139. The van der Waals surface area contributed by atoms with Crippen LogP contribution in [0.5, 0.6) is 0 Å². The first kappa shape index (κ1) is 17.6. The average Bonchev–Trinajstić information content (AvgIpc) is 3.04. The van der Waals surface area contributed by atoms with Gasteiger partial charge in [-0.2, -0.15) is 10.1 Å². The molecule has 2 bridgehead atoms. The first-order valence-electron chi connectivity index (χ1n) is 10.0. The van der Waals surface area contributed by atoms with Crippen LogP contribution in [-0.4, -0.2) is 23.0 Å². The maximum atomic E-state index is 13.4. The van der Waals surface area contributed by atoms with Crippen molar-refractivity contribution in [1.29, 1.82) is 0 Å². The fraction of sp³-hybridized carbons (Fsp3) is 0.160. The third kappa shape index (κ3) is 2.25. The van der Waals surface area contributed by atoms with E-state index in [0.717, 1.165) is 27.3 Å². The Morgan fingerprint density at radius 3 is 1.60 bits per heavy atom. The molecule has 1 saturated heterocycles. The summed E-state index contributed by atoms with van der Waals surface area (Å²) in [6.07, 6.45) is 1.50. The number of hydrogen-bond donors (Lipinski definition) is 0. The highest BCUT2D eigenvalue weighted by atomic mass is 35.5. The molecule has 4 nitrogen and oxygen atoms in total. The molecule has 1 fully saturated rings. The van der Waals surface area contributed by atoms with Gasteiger partial charge in [0.1, 0.15) is 0 Å². The summed E-state index contributed by atoms with van der Waals surface area (Å²) in [6.45, 7) is 0. The van der Waals surface area contributed by atoms with Crippen molar-refractivity contribution in [3.05, 3.63) is 106 Å². The molecule has 30 heavy (non-hydrogen) atoms. The van der Waals surface area contributed by atoms with Gasteiger partial charge in [-0.1, -0.05) is 78.3 Å². The van der Waals surface area contributed by atoms with Gasteiger partial charge in [0.05, 0.1) is 18.1 Å². The molecule has 1 heterocycles. The van der Waals surface area contributed by atoms with Gasteiger partial charge in [0, 0.05) is 22.4 Å². The lowest BCUT2D eigenvalue weighted by atomic mass is 9.55. The second-order valence-electron chi connectivity index (χ2n) is 8.02. The van der Waals surface area contributed by atoms with Gasteiger partial charge in [0.15, 0.2) is 0 Å². The van der Waals surface area contributed by atoms with Crippen LogP contribution in [0.15, 0.2) is 77.9 Å². The van der Waals surface area contributed by atoms with E-state index in [1.54, 1.807) is 12.1 Å². The number of hydrogen-bond acceptors (Lipinski definition) is 3. The number of rotatable bonds is 2. The molecule has 3 aromatic carbocycles. The van der Waals surface area contributed by atoms with Gasteiger partial charge in [-0.25, -0.2) is 0 Å². The van der Waals surface area contributed by atoms with E-state index < -0.39 is 11.8 Å². The molecule has 2 atom stereocenters. The fourth-order valence-corrected chi connectivity index (χ4v) is 5.66. The number of carbonyl (C=O) groups is 2. The zero-order chi connectivity index (χ0) is 20.4. The topological polar surface area (TPSA) is 49.7 Å². The van der Waals surface area contributed by atoms with Crippen molar-refractivity contribution in [2.24, 2.45) is 16.9 Å². The molecule has 0 saturated carbocycles. The SMILES string of the molecule is O=C1C2C3c4ccccc4C(c4ccccc43)C2C(=O)N1N=Cc1ccccc1Cl. The summed E-state index contributed by atoms with van der Waals surface area (Å²) in [6, 6.07) is 23.6. The Labute approximate surface area is 178 Å². The standard InChI is InChI=1S/C25H17ClN2O2/c26-19-12-6-1-7-14(19)13-27-28-24(29)22-20-15-8-2-3-9-16(15)21(23(22)25(28)30)18-11-5-4-10-17(18)20/h1-13,20-23H. The number of nitrogens with zero attached hydrogens (tertiary/aromatic N) is 2. The maximum absolute atomic E-state index is 13.4. The molecule has 7 rings (SSSR count). The van der Waals surface area contributed by atoms with Gasteiger partial charge in [0.2, 0.25) is 0 Å². The molecule has 1 aliphatic heterocycles. The monoisotopic (exact) mass is 412 g/mol. The van der Waals surface area contributed by atoms with Crippen molar-refractivity contribution in [3.63, 3.8) is 0 Å². The number of halogens is 1. The highest BCUT2D eigenvalue weighted by Crippen LogP contribution is 2.60. The minimum atomic E-state index is -0.421. The van der Waals surface area contributed by atoms with E-state index in [1.807, 2.05) is 36.4 Å². The Bertz CT molecular complexity index is 1140. The number of imide groups is 1. The van der Waals surface area contributed by atoms with Gasteiger partial charge in [-0.3, -0.25) is 9.59 Å². The molecule has 0 aromatic heterocycles. The Kier molecular flexibility index (Phi) is 3.74. The maximum Gasteiger partial charge on any atom is 0.254 e. The van der Waals surface area contributed by atoms with E-state index in [9.17, 15) is 9.59 Å². The summed E-state index contributed by atoms with van der Waals surface area (Å²) >= 11 is 6.20. The molecule has 2 unspecified atom stereocenters. The van der Waals surface area contributed by atoms with E-state index in [-0.39, 0.29) is 23.7 Å². The first-order chi connectivity index (χ1) is 14.7. The fourth-order valence-electron chi connectivity index (χ4n) is 5.48. The van der Waals surface area contributed by atoms with E-state index in [2.05, 4.69) is 29.4 Å². The lowest BCUT2D eigenvalue weighted by Crippen LogP contribution is -2.41. The number of hydrazone groups is 1. The lowest BCUT2D eigenvalue weighted by Gasteiger charge is -2.45. The predicted molar refractivity (Wildman–Crippen MR) is 114 cm³/mol. The molecule has 2 amide bonds. The molecule has 4 aliphatic rings. The van der Waals surface area contributed by atoms with Crippen LogP contribution in [0.2, 0.25) is 5.02 Å². The highest BCUT2D eigenvalue weighted by molar-refractivity contribution is 6.33. The van der Waals surface area contributed by atoms with Crippen LogP contribution < -0.4 is 0 Å². The van der Waals surface area contributed by atoms with Gasteiger partial charge < -0.3 is 0 Å². The molecule has 5 heteroatoms. The molecular formula is C25H17ClN2O2. The van der Waals surface area contributed by atoms with Crippen molar-refractivity contribution < 1.29 is 9.59 Å². The zero-order valence-electron chi connectivity index (χ0n) is 15.9. The molecule has 0 radical (unpaired) electrons. The molecule has 0 spiro atoms. The van der Waals surface area contributed by atoms with Crippen LogP contribution in [0.3, 0.4) is 0 Å². The molecule has 3 aromatic rings. The van der Waals surface area contributed by atoms with Crippen LogP contribution in [0.4, 0.5) is 0 Å². The molecule has 3 aliphatic carbocycles. The minimum absolute atomic E-state index is 0.121. The van der Waals surface area contributed by atoms with E-state index in [0.29, 0.717) is 10.6 Å². The molecular weight excluding hydrogens is 396 g/mol. The zero-order valence-corrected chi connectivity index (χ0v) is 16.7. The second kappa shape index (κ2) is 6.38. The first-order valence-corrected chi connectivity index (χ1v) is 10.4. The van der Waals surface area contributed by atoms with Crippen LogP contribution in [0.25, 0.3) is 0 Å². The Balaban J connectivity index is 1.47. The van der Waals surface area contributed by atoms with E-state index in [1.165, 1.54) is 6.21 Å². The van der Waals surface area contributed by atoms with Gasteiger partial charge in [-0.05, 0) is 28.3 Å². The smallest absolute Gasteiger partial charge is 0.254 e. The van der Waals surface area contributed by atoms with Crippen LogP contribution in [0.1, 0.15) is 39.7 Å². The van der Waals surface area contributed by atoms with Crippen LogP contribution in [0, 0.1) is 11.8 Å². The van der Waals surface area contributed by atoms with Crippen molar-refractivity contribution >= 4 is 29.6 Å². The summed E-state index contributed by atoms with van der Waals surface area (Å²) in [5.41, 5.74) is 5.28. The second-order valence-corrected chi connectivity index (χ2v) is 8.43. The van der Waals surface area contributed by atoms with Crippen molar-refractivity contribution in [1.82, 2.24) is 5.01 Å². The number of amides is 2. The van der Waals surface area contributed by atoms with Gasteiger partial charge >= 0.3 is 0 Å². The number of carbonyl (C=O) groups excluding carboxylic acids is 2. The molecule has 146 valence electrons.